The second-order valence-corrected chi connectivity index (χ2v) is 3.07. The van der Waals surface area contributed by atoms with Crippen LogP contribution >= 0.6 is 0 Å². The quantitative estimate of drug-likeness (QED) is 0.195. The molecule has 0 unspecified atom stereocenters. The van der Waals surface area contributed by atoms with Crippen molar-refractivity contribution in [2.45, 2.75) is 20.8 Å². The van der Waals surface area contributed by atoms with Crippen LogP contribution in [0.5, 0.6) is 0 Å². The molecule has 0 fully saturated rings. The van der Waals surface area contributed by atoms with E-state index >= 15 is 0 Å². The van der Waals surface area contributed by atoms with E-state index in [2.05, 4.69) is 20.4 Å². The Morgan fingerprint density at radius 3 is 1.43 bits per heavy atom. The van der Waals surface area contributed by atoms with Gasteiger partial charge in [0.2, 0.25) is 11.9 Å². The van der Waals surface area contributed by atoms with Gasteiger partial charge in [0.05, 0.1) is 11.9 Å². The van der Waals surface area contributed by atoms with Crippen molar-refractivity contribution >= 4 is 35.8 Å². The highest BCUT2D eigenvalue weighted by molar-refractivity contribution is 6.29. The summed E-state index contributed by atoms with van der Waals surface area (Å²) in [7, 11) is 0. The van der Waals surface area contributed by atoms with E-state index in [-0.39, 0.29) is 11.9 Å². The Bertz CT molecular complexity index is 413. The van der Waals surface area contributed by atoms with E-state index in [1.165, 1.54) is 6.21 Å². The summed E-state index contributed by atoms with van der Waals surface area (Å²) in [5.74, 6) is -1.93. The number of carbonyl (C=O) groups is 2. The number of hydrogen-bond donors (Lipinski definition) is 6. The van der Waals surface area contributed by atoms with Crippen LogP contribution in [0.2, 0.25) is 0 Å². The van der Waals surface area contributed by atoms with Gasteiger partial charge in [0.25, 0.3) is 11.9 Å². The number of hydrogen-bond acceptors (Lipinski definition) is 6. The van der Waals surface area contributed by atoms with E-state index in [1.807, 2.05) is 0 Å². The molecule has 0 radical (unpaired) electrons. The van der Waals surface area contributed by atoms with Crippen LogP contribution < -0.4 is 22.9 Å². The number of guanidine groups is 2. The minimum Gasteiger partial charge on any atom is -0.481 e. The summed E-state index contributed by atoms with van der Waals surface area (Å²) in [6.07, 6.45) is 1.31. The number of rotatable bonds is 3. The number of aliphatic carboxylic acids is 2. The van der Waals surface area contributed by atoms with Crippen LogP contribution in [0.3, 0.4) is 0 Å². The predicted octanol–water partition coefficient (Wildman–Crippen LogP) is -1.92. The van der Waals surface area contributed by atoms with Gasteiger partial charge >= 0.3 is 0 Å². The molecule has 0 rings (SSSR count). The largest absolute Gasteiger partial charge is 0.481 e. The predicted molar refractivity (Wildman–Crippen MR) is 79.8 cm³/mol. The summed E-state index contributed by atoms with van der Waals surface area (Å²) in [5, 5.41) is 28.6. The highest BCUT2D eigenvalue weighted by Crippen LogP contribution is 1.76. The molecule has 0 spiro atoms. The fourth-order valence-corrected chi connectivity index (χ4v) is 0.342. The van der Waals surface area contributed by atoms with Crippen LogP contribution in [0.25, 0.3) is 0 Å². The van der Waals surface area contributed by atoms with Gasteiger partial charge in [-0.15, -0.1) is 10.2 Å². The fourth-order valence-electron chi connectivity index (χ4n) is 0.342. The molecule has 0 aliphatic heterocycles. The van der Waals surface area contributed by atoms with Crippen molar-refractivity contribution in [2.75, 3.05) is 0 Å². The van der Waals surface area contributed by atoms with Crippen LogP contribution in [0.1, 0.15) is 20.8 Å². The molecule has 12 heteroatoms. The first-order chi connectivity index (χ1) is 9.48. The van der Waals surface area contributed by atoms with E-state index in [9.17, 15) is 0 Å². The van der Waals surface area contributed by atoms with Gasteiger partial charge < -0.3 is 33.1 Å². The Morgan fingerprint density at radius 2 is 1.14 bits per heavy atom. The number of carboxylic acid groups (broad SMARTS) is 2. The number of carboxylic acids is 2. The maximum absolute atomic E-state index is 9.00. The lowest BCUT2D eigenvalue weighted by Crippen LogP contribution is -2.22. The van der Waals surface area contributed by atoms with Gasteiger partial charge in [-0.25, -0.2) is 0 Å². The second-order valence-electron chi connectivity index (χ2n) is 3.07. The molecular formula is C9H20N8O4. The molecule has 0 aromatic rings. The van der Waals surface area contributed by atoms with Crippen molar-refractivity contribution < 1.29 is 19.8 Å². The Hall–Kier alpha value is -3.18. The van der Waals surface area contributed by atoms with Gasteiger partial charge in [-0.2, -0.15) is 10.2 Å². The topological polar surface area (TPSA) is 228 Å². The first kappa shape index (κ1) is 23.0. The zero-order chi connectivity index (χ0) is 17.4. The smallest absolute Gasteiger partial charge is 0.300 e. The molecule has 21 heavy (non-hydrogen) atoms. The lowest BCUT2D eigenvalue weighted by Gasteiger charge is -1.86. The minimum atomic E-state index is -0.833. The average Bonchev–Trinajstić information content (AvgIpc) is 2.24. The van der Waals surface area contributed by atoms with Gasteiger partial charge in [-0.05, 0) is 6.92 Å². The SMILES string of the molecule is CC(=O)O.CC(=O)O.CC(C=NN=C(N)N)=NN=C(N)N. The summed E-state index contributed by atoms with van der Waals surface area (Å²) in [5.41, 5.74) is 20.5. The Labute approximate surface area is 120 Å². The Kier molecular flexibility index (Phi) is 16.3. The highest BCUT2D eigenvalue weighted by atomic mass is 16.4. The first-order valence-electron chi connectivity index (χ1n) is 5.13. The van der Waals surface area contributed by atoms with Gasteiger partial charge in [0.1, 0.15) is 0 Å². The van der Waals surface area contributed by atoms with Crippen molar-refractivity contribution in [3.63, 3.8) is 0 Å². The van der Waals surface area contributed by atoms with Crippen molar-refractivity contribution in [3.8, 4) is 0 Å². The fraction of sp³-hybridized carbons (Fsp3) is 0.333. The highest BCUT2D eigenvalue weighted by Gasteiger charge is 1.83. The zero-order valence-electron chi connectivity index (χ0n) is 11.9. The van der Waals surface area contributed by atoms with Gasteiger partial charge in [-0.3, -0.25) is 9.59 Å². The zero-order valence-corrected chi connectivity index (χ0v) is 11.9. The van der Waals surface area contributed by atoms with Crippen molar-refractivity contribution in [1.29, 1.82) is 0 Å². The van der Waals surface area contributed by atoms with E-state index < -0.39 is 11.9 Å². The second kappa shape index (κ2) is 14.9. The Balaban J connectivity index is -0.000000334. The molecule has 0 saturated carbocycles. The van der Waals surface area contributed by atoms with E-state index in [0.29, 0.717) is 5.71 Å². The number of nitrogens with zero attached hydrogens (tertiary/aromatic N) is 4. The first-order valence-corrected chi connectivity index (χ1v) is 5.13. The summed E-state index contributed by atoms with van der Waals surface area (Å²) in [6, 6.07) is 0. The third-order valence-electron chi connectivity index (χ3n) is 0.741. The standard InChI is InChI=1S/C5H12N8.2C2H4O2/c1-3(11-13-5(8)9)2-10-12-4(6)7;2*1-2(3)4/h2H,1H3,(H4,6,7,12)(H4,8,9,13);2*1H3,(H,3,4). The van der Waals surface area contributed by atoms with Crippen molar-refractivity contribution in [3.05, 3.63) is 0 Å². The molecule has 0 saturated heterocycles. The van der Waals surface area contributed by atoms with Gasteiger partial charge in [-0.1, -0.05) is 0 Å². The summed E-state index contributed by atoms with van der Waals surface area (Å²) >= 11 is 0. The minimum absolute atomic E-state index is 0.130. The van der Waals surface area contributed by atoms with Crippen LogP contribution in [0, 0.1) is 0 Å². The number of nitrogens with two attached hydrogens (primary N) is 4. The van der Waals surface area contributed by atoms with Gasteiger partial charge in [0, 0.05) is 13.8 Å². The van der Waals surface area contributed by atoms with Crippen molar-refractivity contribution in [2.24, 2.45) is 43.3 Å². The van der Waals surface area contributed by atoms with Crippen molar-refractivity contribution in [1.82, 2.24) is 0 Å². The monoisotopic (exact) mass is 304 g/mol. The average molecular weight is 304 g/mol. The molecule has 0 heterocycles. The molecule has 0 atom stereocenters. The summed E-state index contributed by atoms with van der Waals surface area (Å²) in [6.45, 7) is 3.80. The van der Waals surface area contributed by atoms with E-state index in [4.69, 9.17) is 42.7 Å². The van der Waals surface area contributed by atoms with Crippen LogP contribution in [0.4, 0.5) is 0 Å². The Morgan fingerprint density at radius 1 is 0.810 bits per heavy atom. The molecule has 0 bridgehead atoms. The van der Waals surface area contributed by atoms with Crippen LogP contribution in [0.15, 0.2) is 20.4 Å². The van der Waals surface area contributed by atoms with E-state index in [1.54, 1.807) is 6.92 Å². The molecule has 0 aliphatic carbocycles. The molecule has 0 aromatic carbocycles. The maximum Gasteiger partial charge on any atom is 0.300 e. The molecular weight excluding hydrogens is 284 g/mol. The molecule has 0 aromatic heterocycles. The van der Waals surface area contributed by atoms with Crippen LogP contribution in [-0.2, 0) is 9.59 Å². The molecule has 10 N–H and O–H groups in total. The third kappa shape index (κ3) is 60.4. The molecule has 12 nitrogen and oxygen atoms in total. The van der Waals surface area contributed by atoms with Crippen LogP contribution in [-0.4, -0.2) is 46.0 Å². The lowest BCUT2D eigenvalue weighted by atomic mass is 10.5. The van der Waals surface area contributed by atoms with E-state index in [0.717, 1.165) is 13.8 Å². The maximum atomic E-state index is 9.00. The summed E-state index contributed by atoms with van der Waals surface area (Å²) < 4.78 is 0. The molecule has 0 amide bonds. The normalized spacial score (nSPS) is 9.38. The molecule has 120 valence electrons. The molecule has 0 aliphatic rings. The third-order valence-corrected chi connectivity index (χ3v) is 0.741. The lowest BCUT2D eigenvalue weighted by molar-refractivity contribution is -0.135. The summed E-state index contributed by atoms with van der Waals surface area (Å²) in [4.78, 5) is 18.0. The van der Waals surface area contributed by atoms with Gasteiger partial charge in [0.15, 0.2) is 0 Å².